The van der Waals surface area contributed by atoms with Crippen LogP contribution in [0.15, 0.2) is 0 Å². The molecule has 4 aliphatic heterocycles. The molecule has 0 bridgehead atoms. The van der Waals surface area contributed by atoms with E-state index in [1.165, 1.54) is 11.8 Å². The van der Waals surface area contributed by atoms with Crippen molar-refractivity contribution >= 4 is 17.7 Å². The molecule has 0 saturated carbocycles. The summed E-state index contributed by atoms with van der Waals surface area (Å²) in [5.74, 6) is -0.335. The van der Waals surface area contributed by atoms with Gasteiger partial charge in [-0.1, -0.05) is 0 Å². The molecule has 20 atom stereocenters. The maximum Gasteiger partial charge on any atom is 0.304 e. The summed E-state index contributed by atoms with van der Waals surface area (Å²) in [5.41, 5.74) is 0. The Morgan fingerprint density at radius 2 is 0.906 bits per heavy atom. The second kappa shape index (κ2) is 20.4. The number of aliphatic carboxylic acids is 1. The number of ether oxygens (including phenoxy) is 8. The number of hydrogen-bond donors (Lipinski definition) is 14. The van der Waals surface area contributed by atoms with Gasteiger partial charge in [-0.05, 0) is 0 Å². The van der Waals surface area contributed by atoms with Crippen molar-refractivity contribution in [2.45, 2.75) is 129 Å². The highest BCUT2D eigenvalue weighted by atomic mass is 32.2. The minimum absolute atomic E-state index is 0.0139. The fourth-order valence-electron chi connectivity index (χ4n) is 6.05. The number of carboxylic acids is 1. The summed E-state index contributed by atoms with van der Waals surface area (Å²) < 4.78 is 44.0. The molecule has 0 aromatic rings. The van der Waals surface area contributed by atoms with Crippen molar-refractivity contribution in [2.75, 3.05) is 44.5 Å². The van der Waals surface area contributed by atoms with Gasteiger partial charge in [-0.3, -0.25) is 4.79 Å². The Labute approximate surface area is 305 Å². The van der Waals surface area contributed by atoms with Crippen molar-refractivity contribution < 1.29 is 114 Å². The van der Waals surface area contributed by atoms with Crippen LogP contribution in [0.4, 0.5) is 0 Å². The minimum atomic E-state index is -2.02. The summed E-state index contributed by atoms with van der Waals surface area (Å²) in [6, 6.07) is 0. The zero-order valence-electron chi connectivity index (χ0n) is 28.0. The first-order valence-electron chi connectivity index (χ1n) is 16.7. The van der Waals surface area contributed by atoms with Crippen LogP contribution >= 0.6 is 11.8 Å². The molecule has 14 N–H and O–H groups in total. The summed E-state index contributed by atoms with van der Waals surface area (Å²) in [7, 11) is 0. The molecule has 4 saturated heterocycles. The fourth-order valence-corrected chi connectivity index (χ4v) is 6.78. The van der Waals surface area contributed by atoms with Crippen LogP contribution in [0.25, 0.3) is 0 Å². The lowest BCUT2D eigenvalue weighted by molar-refractivity contribution is -0.381. The number of carboxylic acid groups (broad SMARTS) is 1. The van der Waals surface area contributed by atoms with E-state index in [1.807, 2.05) is 0 Å². The highest BCUT2D eigenvalue weighted by Crippen LogP contribution is 2.33. The van der Waals surface area contributed by atoms with Crippen LogP contribution in [0, 0.1) is 0 Å². The van der Waals surface area contributed by atoms with Gasteiger partial charge in [-0.15, -0.1) is 0 Å². The number of rotatable bonds is 17. The van der Waals surface area contributed by atoms with E-state index < -0.39 is 155 Å². The van der Waals surface area contributed by atoms with Crippen LogP contribution in [0.5, 0.6) is 0 Å². The van der Waals surface area contributed by atoms with Crippen LogP contribution in [0.2, 0.25) is 0 Å². The Morgan fingerprint density at radius 3 is 1.43 bits per heavy atom. The summed E-state index contributed by atoms with van der Waals surface area (Å²) in [5, 5.41) is 143. The van der Waals surface area contributed by atoms with Gasteiger partial charge in [-0.25, -0.2) is 0 Å². The maximum atomic E-state index is 11.0. The van der Waals surface area contributed by atoms with Gasteiger partial charge in [0.15, 0.2) is 25.2 Å². The number of thioether (sulfide) groups is 1. The first-order valence-corrected chi connectivity index (χ1v) is 17.9. The van der Waals surface area contributed by atoms with Crippen molar-refractivity contribution in [3.8, 4) is 0 Å². The van der Waals surface area contributed by atoms with Gasteiger partial charge in [0.2, 0.25) is 0 Å². The molecule has 0 unspecified atom stereocenters. The van der Waals surface area contributed by atoms with Gasteiger partial charge >= 0.3 is 5.97 Å². The van der Waals surface area contributed by atoms with E-state index in [0.29, 0.717) is 11.5 Å². The molecule has 24 heteroatoms. The molecule has 4 fully saturated rings. The Balaban J connectivity index is 1.35. The Morgan fingerprint density at radius 1 is 0.491 bits per heavy atom. The quantitative estimate of drug-likeness (QED) is 0.0608. The van der Waals surface area contributed by atoms with Crippen molar-refractivity contribution in [3.63, 3.8) is 0 Å². The monoisotopic (exact) mass is 798 g/mol. The molecule has 23 nitrogen and oxygen atoms in total. The lowest BCUT2D eigenvalue weighted by atomic mass is 9.96. The molecular weight excluding hydrogens is 748 g/mol. The largest absolute Gasteiger partial charge is 0.481 e. The predicted molar refractivity (Wildman–Crippen MR) is 167 cm³/mol. The molecule has 0 spiro atoms. The predicted octanol–water partition coefficient (Wildman–Crippen LogP) is -8.52. The van der Waals surface area contributed by atoms with E-state index in [1.54, 1.807) is 0 Å². The van der Waals surface area contributed by atoms with Crippen molar-refractivity contribution in [1.29, 1.82) is 0 Å². The number of aliphatic hydroxyl groups is 13. The Kier molecular flexibility index (Phi) is 17.2. The second-order valence-corrected chi connectivity index (χ2v) is 14.0. The maximum absolute atomic E-state index is 11.0. The van der Waals surface area contributed by atoms with Crippen molar-refractivity contribution in [3.05, 3.63) is 0 Å². The first-order chi connectivity index (χ1) is 25.1. The lowest BCUT2D eigenvalue weighted by Crippen LogP contribution is -2.66. The summed E-state index contributed by atoms with van der Waals surface area (Å²) >= 11 is 1.26. The number of aliphatic hydroxyl groups excluding tert-OH is 13. The van der Waals surface area contributed by atoms with E-state index in [-0.39, 0.29) is 13.0 Å². The zero-order chi connectivity index (χ0) is 39.1. The molecule has 0 amide bonds. The van der Waals surface area contributed by atoms with Gasteiger partial charge in [0, 0.05) is 11.5 Å². The van der Waals surface area contributed by atoms with E-state index in [9.17, 15) is 71.2 Å². The van der Waals surface area contributed by atoms with Gasteiger partial charge in [-0.2, -0.15) is 11.8 Å². The van der Waals surface area contributed by atoms with Crippen molar-refractivity contribution in [2.24, 2.45) is 0 Å². The van der Waals surface area contributed by atoms with Crippen LogP contribution in [-0.2, 0) is 42.7 Å². The normalized spacial score (nSPS) is 46.7. The third-order valence-electron chi connectivity index (χ3n) is 9.14. The molecule has 4 aliphatic rings. The summed E-state index contributed by atoms with van der Waals surface area (Å²) in [6.07, 6.45) is -34.6. The van der Waals surface area contributed by atoms with Crippen molar-refractivity contribution in [1.82, 2.24) is 0 Å². The first kappa shape index (κ1) is 44.7. The second-order valence-electron chi connectivity index (χ2n) is 12.8. The molecular formula is C29H50O23S. The molecule has 0 aromatic carbocycles. The van der Waals surface area contributed by atoms with Crippen LogP contribution in [-0.4, -0.2) is 245 Å². The van der Waals surface area contributed by atoms with Crippen LogP contribution in [0.1, 0.15) is 6.42 Å². The number of carbonyl (C=O) groups is 1. The van der Waals surface area contributed by atoms with Crippen LogP contribution in [0.3, 0.4) is 0 Å². The van der Waals surface area contributed by atoms with E-state index in [4.69, 9.17) is 43.0 Å². The molecule has 0 aromatic heterocycles. The topological polar surface area (TPSA) is 374 Å². The van der Waals surface area contributed by atoms with E-state index >= 15 is 0 Å². The van der Waals surface area contributed by atoms with Crippen LogP contribution < -0.4 is 0 Å². The van der Waals surface area contributed by atoms with Gasteiger partial charge < -0.3 is 109 Å². The standard InChI is InChI=1S/C29H50O23S/c30-5-9-14(35)16(37)20(41)27(47-9)46-8-12-15(36)17(38)21(42)28(50-12)51-25-11(7-32)49-29(23(44)19(25)40)52-24-10(6-31)48-26(22(43)18(24)39)45-2-4-53-3-1-13(33)34/h9-12,14-32,35-44H,1-8H2,(H,33,34)/t9-,10-,11-,12-,14-,15-,16+,17+,18-,19-,20-,21-,22-,23-,24-,25-,26-,27+,28-,29-/m1/s1. The van der Waals surface area contributed by atoms with Gasteiger partial charge in [0.1, 0.15) is 97.7 Å². The fraction of sp³-hybridized carbons (Fsp3) is 0.966. The molecule has 53 heavy (non-hydrogen) atoms. The average Bonchev–Trinajstić information content (AvgIpc) is 3.14. The molecule has 0 aliphatic carbocycles. The highest BCUT2D eigenvalue weighted by molar-refractivity contribution is 7.99. The molecule has 4 heterocycles. The minimum Gasteiger partial charge on any atom is -0.481 e. The SMILES string of the molecule is O=C(O)CCSCCO[C@@H]1O[C@H](CO)[C@@H](O[C@H]2O[C@H](CO)[C@@H](O[C@H]3O[C@H](CO[C@H]4O[C@H](CO)[C@@H](O)[C@H](O)[C@H]4O)[C@@H](O)[C@H](O)[C@H]3O)[C@H](O)[C@H]2O)[C@H](O)[C@H]1O. The highest BCUT2D eigenvalue weighted by Gasteiger charge is 2.54. The third-order valence-corrected chi connectivity index (χ3v) is 10.1. The average molecular weight is 799 g/mol. The lowest BCUT2D eigenvalue weighted by Gasteiger charge is -2.48. The molecule has 0 radical (unpaired) electrons. The van der Waals surface area contributed by atoms with Gasteiger partial charge in [0.05, 0.1) is 39.5 Å². The molecule has 310 valence electrons. The smallest absolute Gasteiger partial charge is 0.304 e. The number of hydrogen-bond acceptors (Lipinski definition) is 23. The van der Waals surface area contributed by atoms with E-state index in [2.05, 4.69) is 0 Å². The van der Waals surface area contributed by atoms with E-state index in [0.717, 1.165) is 0 Å². The summed E-state index contributed by atoms with van der Waals surface area (Å²) in [6.45, 7) is -3.16. The Hall–Kier alpha value is -1.02. The zero-order valence-corrected chi connectivity index (χ0v) is 28.9. The Bertz CT molecular complexity index is 1110. The third kappa shape index (κ3) is 10.7. The molecule has 4 rings (SSSR count). The summed E-state index contributed by atoms with van der Waals surface area (Å²) in [4.78, 5) is 10.6. The van der Waals surface area contributed by atoms with Gasteiger partial charge in [0.25, 0.3) is 0 Å².